The number of carbonyl (C=O) groups excluding carboxylic acids is 2. The predicted octanol–water partition coefficient (Wildman–Crippen LogP) is 7.87. The summed E-state index contributed by atoms with van der Waals surface area (Å²) < 4.78 is 94.4. The van der Waals surface area contributed by atoms with Crippen LogP contribution in [0.1, 0.15) is 81.8 Å². The van der Waals surface area contributed by atoms with Gasteiger partial charge in [-0.3, -0.25) is 4.79 Å². The van der Waals surface area contributed by atoms with Gasteiger partial charge in [0, 0.05) is 18.4 Å². The smallest absolute Gasteiger partial charge is 0.408 e. The monoisotopic (exact) mass is 613 g/mol. The molecule has 1 saturated carbocycles. The number of nitrogens with zero attached hydrogens (tertiary/aromatic N) is 1. The van der Waals surface area contributed by atoms with Gasteiger partial charge < -0.3 is 19.8 Å². The second-order valence-electron chi connectivity index (χ2n) is 11.8. The number of ether oxygens (including phenoxy) is 2. The zero-order valence-corrected chi connectivity index (χ0v) is 23.9. The molecule has 1 aliphatic rings. The first-order valence-corrected chi connectivity index (χ1v) is 13.8. The van der Waals surface area contributed by atoms with Gasteiger partial charge in [-0.2, -0.15) is 13.2 Å². The van der Waals surface area contributed by atoms with Gasteiger partial charge in [0.1, 0.15) is 23.5 Å². The summed E-state index contributed by atoms with van der Waals surface area (Å²) in [6.07, 6.45) is -8.14. The molecule has 0 spiro atoms. The van der Waals surface area contributed by atoms with Gasteiger partial charge >= 0.3 is 18.2 Å². The molecule has 1 heterocycles. The van der Waals surface area contributed by atoms with Crippen LogP contribution in [0.2, 0.25) is 0 Å². The second kappa shape index (κ2) is 12.5. The van der Waals surface area contributed by atoms with Crippen LogP contribution >= 0.6 is 0 Å². The van der Waals surface area contributed by atoms with Gasteiger partial charge in [0.2, 0.25) is 5.92 Å². The first-order valence-electron chi connectivity index (χ1n) is 13.8. The lowest BCUT2D eigenvalue weighted by molar-refractivity contribution is -0.169. The van der Waals surface area contributed by atoms with Gasteiger partial charge in [0.25, 0.3) is 0 Å². The van der Waals surface area contributed by atoms with Crippen LogP contribution in [0, 0.1) is 11.7 Å². The Labute approximate surface area is 244 Å². The molecule has 2 atom stereocenters. The molecule has 2 aromatic carbocycles. The lowest BCUT2D eigenvalue weighted by Crippen LogP contribution is -2.38. The van der Waals surface area contributed by atoms with Crippen LogP contribution in [-0.4, -0.2) is 39.7 Å². The SMILES string of the molecule is CC(C)(C)OC(=O)[C@@H](CC(F)(F)F)c1ccc2[nH]c([C@@H](NC(=O)OCc3ccccc3)C3CCC(F)(F)CC3)nc2c1F. The minimum absolute atomic E-state index is 0.0163. The largest absolute Gasteiger partial charge is 0.459 e. The molecule has 1 aromatic heterocycles. The molecule has 3 aromatic rings. The highest BCUT2D eigenvalue weighted by Gasteiger charge is 2.42. The minimum Gasteiger partial charge on any atom is -0.459 e. The topological polar surface area (TPSA) is 93.3 Å². The summed E-state index contributed by atoms with van der Waals surface area (Å²) in [6, 6.07) is 10.2. The molecule has 13 heteroatoms. The first-order chi connectivity index (χ1) is 20.0. The number of alkyl carbamates (subject to hydrolysis) is 1. The summed E-state index contributed by atoms with van der Waals surface area (Å²) in [4.78, 5) is 32.6. The molecule has 0 saturated heterocycles. The minimum atomic E-state index is -4.81. The van der Waals surface area contributed by atoms with E-state index in [1.807, 2.05) is 0 Å². The molecule has 0 radical (unpaired) electrons. The lowest BCUT2D eigenvalue weighted by atomic mass is 9.82. The molecule has 0 bridgehead atoms. The van der Waals surface area contributed by atoms with Crippen LogP contribution < -0.4 is 5.32 Å². The Morgan fingerprint density at radius 2 is 1.72 bits per heavy atom. The van der Waals surface area contributed by atoms with Crippen molar-refractivity contribution in [1.82, 2.24) is 15.3 Å². The number of nitrogens with one attached hydrogen (secondary N) is 2. The number of H-pyrrole nitrogens is 1. The zero-order chi connectivity index (χ0) is 31.6. The Bertz CT molecular complexity index is 1430. The highest BCUT2D eigenvalue weighted by Crippen LogP contribution is 2.42. The third-order valence-electron chi connectivity index (χ3n) is 7.16. The van der Waals surface area contributed by atoms with Gasteiger partial charge in [-0.05, 0) is 51.2 Å². The van der Waals surface area contributed by atoms with Crippen LogP contribution in [0.5, 0.6) is 0 Å². The number of aromatic amines is 1. The number of halogens is 6. The van der Waals surface area contributed by atoms with Gasteiger partial charge in [0.05, 0.1) is 23.9 Å². The van der Waals surface area contributed by atoms with Gasteiger partial charge in [0.15, 0.2) is 5.82 Å². The van der Waals surface area contributed by atoms with Crippen molar-refractivity contribution in [3.63, 3.8) is 0 Å². The third-order valence-corrected chi connectivity index (χ3v) is 7.16. The third kappa shape index (κ3) is 8.64. The van der Waals surface area contributed by atoms with E-state index in [1.165, 1.54) is 26.8 Å². The molecule has 1 fully saturated rings. The Morgan fingerprint density at radius 1 is 1.07 bits per heavy atom. The highest BCUT2D eigenvalue weighted by atomic mass is 19.4. The fraction of sp³-hybridized carbons (Fsp3) is 0.500. The van der Waals surface area contributed by atoms with Crippen molar-refractivity contribution in [2.24, 2.45) is 5.92 Å². The average molecular weight is 614 g/mol. The first kappa shape index (κ1) is 32.2. The van der Waals surface area contributed by atoms with Crippen LogP contribution in [0.4, 0.5) is 31.1 Å². The van der Waals surface area contributed by atoms with E-state index in [-0.39, 0.29) is 36.3 Å². The summed E-state index contributed by atoms with van der Waals surface area (Å²) in [5.74, 6) is -7.78. The number of benzene rings is 2. The van der Waals surface area contributed by atoms with E-state index in [4.69, 9.17) is 9.47 Å². The maximum Gasteiger partial charge on any atom is 0.408 e. The van der Waals surface area contributed by atoms with Crippen LogP contribution in [0.25, 0.3) is 11.0 Å². The number of hydrogen-bond donors (Lipinski definition) is 2. The van der Waals surface area contributed by atoms with Crippen LogP contribution in [0.15, 0.2) is 42.5 Å². The molecule has 1 aliphatic carbocycles. The summed E-state index contributed by atoms with van der Waals surface area (Å²) in [6.45, 7) is 4.38. The standard InChI is InChI=1S/C30H33F6N3O4/c1-28(2,3)43-26(40)20(15-30(34,35)36)19-9-10-21-24(22(19)31)38-25(37-21)23(18-11-13-29(32,33)14-12-18)39-27(41)42-16-17-7-5-4-6-8-17/h4-10,18,20,23H,11-16H2,1-3H3,(H,37,38)(H,39,41)/t20-,23-/m0/s1. The van der Waals surface area contributed by atoms with Crippen molar-refractivity contribution in [2.45, 2.75) is 89.1 Å². The molecule has 234 valence electrons. The molecule has 1 amide bonds. The Hall–Kier alpha value is -3.77. The molecule has 4 rings (SSSR count). The number of alkyl halides is 5. The van der Waals surface area contributed by atoms with Crippen molar-refractivity contribution in [3.05, 3.63) is 65.2 Å². The lowest BCUT2D eigenvalue weighted by Gasteiger charge is -2.33. The van der Waals surface area contributed by atoms with Crippen molar-refractivity contribution in [2.75, 3.05) is 0 Å². The van der Waals surface area contributed by atoms with E-state index < -0.39 is 78.3 Å². The number of aromatic nitrogens is 2. The van der Waals surface area contributed by atoms with Crippen molar-refractivity contribution in [3.8, 4) is 0 Å². The second-order valence-corrected chi connectivity index (χ2v) is 11.8. The quantitative estimate of drug-likeness (QED) is 0.199. The average Bonchev–Trinajstić information content (AvgIpc) is 3.34. The number of carbonyl (C=O) groups is 2. The van der Waals surface area contributed by atoms with Gasteiger partial charge in [-0.15, -0.1) is 0 Å². The molecular weight excluding hydrogens is 580 g/mol. The maximum atomic E-state index is 15.8. The summed E-state index contributed by atoms with van der Waals surface area (Å²) in [7, 11) is 0. The van der Waals surface area contributed by atoms with E-state index >= 15 is 4.39 Å². The van der Waals surface area contributed by atoms with E-state index in [2.05, 4.69) is 15.3 Å². The van der Waals surface area contributed by atoms with E-state index in [1.54, 1.807) is 30.3 Å². The predicted molar refractivity (Wildman–Crippen MR) is 145 cm³/mol. The Morgan fingerprint density at radius 3 is 2.33 bits per heavy atom. The summed E-state index contributed by atoms with van der Waals surface area (Å²) >= 11 is 0. The molecule has 2 N–H and O–H groups in total. The van der Waals surface area contributed by atoms with E-state index in [9.17, 15) is 31.5 Å². The molecular formula is C30H33F6N3O4. The summed E-state index contributed by atoms with van der Waals surface area (Å²) in [5.41, 5.74) is -1.25. The number of amides is 1. The van der Waals surface area contributed by atoms with Crippen molar-refractivity contribution < 1.29 is 45.4 Å². The molecule has 7 nitrogen and oxygen atoms in total. The van der Waals surface area contributed by atoms with Crippen LogP contribution in [0.3, 0.4) is 0 Å². The number of hydrogen-bond acceptors (Lipinski definition) is 5. The Balaban J connectivity index is 1.66. The Kier molecular flexibility index (Phi) is 9.31. The van der Waals surface area contributed by atoms with Gasteiger partial charge in [-0.1, -0.05) is 36.4 Å². The van der Waals surface area contributed by atoms with E-state index in [0.29, 0.717) is 5.56 Å². The molecule has 43 heavy (non-hydrogen) atoms. The number of imidazole rings is 1. The van der Waals surface area contributed by atoms with Gasteiger partial charge in [-0.25, -0.2) is 22.9 Å². The molecule has 0 aliphatic heterocycles. The maximum absolute atomic E-state index is 15.8. The number of rotatable bonds is 8. The van der Waals surface area contributed by atoms with Crippen molar-refractivity contribution >= 4 is 23.1 Å². The fourth-order valence-electron chi connectivity index (χ4n) is 5.11. The van der Waals surface area contributed by atoms with Crippen molar-refractivity contribution in [1.29, 1.82) is 0 Å². The number of esters is 1. The zero-order valence-electron chi connectivity index (χ0n) is 23.9. The molecule has 0 unspecified atom stereocenters. The fourth-order valence-corrected chi connectivity index (χ4v) is 5.11. The van der Waals surface area contributed by atoms with Crippen LogP contribution in [-0.2, 0) is 20.9 Å². The highest BCUT2D eigenvalue weighted by molar-refractivity contribution is 5.83. The summed E-state index contributed by atoms with van der Waals surface area (Å²) in [5, 5.41) is 2.65. The normalized spacial score (nSPS) is 17.3. The van der Waals surface area contributed by atoms with E-state index in [0.717, 1.165) is 6.07 Å². The number of fused-ring (bicyclic) bond motifs is 1.